The number of ether oxygens (including phenoxy) is 2. The zero-order valence-electron chi connectivity index (χ0n) is 18.9. The van der Waals surface area contributed by atoms with Crippen LogP contribution in [0.4, 0.5) is 21.9 Å². The van der Waals surface area contributed by atoms with Gasteiger partial charge in [-0.1, -0.05) is 0 Å². The molecule has 1 atom stereocenters. The zero-order valence-corrected chi connectivity index (χ0v) is 19.8. The first-order valence-electron chi connectivity index (χ1n) is 11.1. The van der Waals surface area contributed by atoms with Crippen molar-refractivity contribution in [3.05, 3.63) is 42.6 Å². The fourth-order valence-corrected chi connectivity index (χ4v) is 4.84. The molecule has 0 spiro atoms. The van der Waals surface area contributed by atoms with Crippen molar-refractivity contribution >= 4 is 57.8 Å². The van der Waals surface area contributed by atoms with E-state index < -0.39 is 6.09 Å². The number of thioether (sulfide) groups is 1. The van der Waals surface area contributed by atoms with Gasteiger partial charge in [0.1, 0.15) is 11.6 Å². The molecule has 35 heavy (non-hydrogen) atoms. The Bertz CT molecular complexity index is 1320. The molecule has 4 heterocycles. The lowest BCUT2D eigenvalue weighted by Gasteiger charge is -2.19. The van der Waals surface area contributed by atoms with Crippen molar-refractivity contribution in [2.45, 2.75) is 30.3 Å². The summed E-state index contributed by atoms with van der Waals surface area (Å²) in [7, 11) is 1.53. The summed E-state index contributed by atoms with van der Waals surface area (Å²) in [5, 5.41) is 5.72. The maximum Gasteiger partial charge on any atom is 0.414 e. The summed E-state index contributed by atoms with van der Waals surface area (Å²) in [6, 6.07) is 10.7. The molecule has 0 unspecified atom stereocenters. The first-order chi connectivity index (χ1) is 17.0. The van der Waals surface area contributed by atoms with Crippen molar-refractivity contribution in [3.63, 3.8) is 0 Å². The third-order valence-corrected chi connectivity index (χ3v) is 6.83. The molecule has 180 valence electrons. The SMILES string of the molecule is COc1ccc2nccc(NC(=O)CCC[C@@H]3CN(c4ccc5c(c4)NC(=O)CS5)C(=O)O3)c2n1. The number of pyridine rings is 2. The van der Waals surface area contributed by atoms with Crippen molar-refractivity contribution in [3.8, 4) is 5.88 Å². The molecule has 2 aliphatic heterocycles. The van der Waals surface area contributed by atoms with Gasteiger partial charge in [0.2, 0.25) is 17.7 Å². The van der Waals surface area contributed by atoms with Crippen molar-refractivity contribution in [2.75, 3.05) is 34.9 Å². The molecule has 0 radical (unpaired) electrons. The number of carbonyl (C=O) groups is 3. The summed E-state index contributed by atoms with van der Waals surface area (Å²) in [6.07, 6.45) is 2.23. The second-order valence-electron chi connectivity index (χ2n) is 8.15. The highest BCUT2D eigenvalue weighted by molar-refractivity contribution is 8.00. The summed E-state index contributed by atoms with van der Waals surface area (Å²) in [6.45, 7) is 0.388. The number of methoxy groups -OCH3 is 1. The number of aromatic nitrogens is 2. The highest BCUT2D eigenvalue weighted by Gasteiger charge is 2.32. The summed E-state index contributed by atoms with van der Waals surface area (Å²) >= 11 is 1.47. The number of nitrogens with one attached hydrogen (secondary N) is 2. The number of carbonyl (C=O) groups excluding carboxylic acids is 3. The number of rotatable bonds is 7. The highest BCUT2D eigenvalue weighted by Crippen LogP contribution is 2.35. The monoisotopic (exact) mass is 493 g/mol. The minimum Gasteiger partial charge on any atom is -0.481 e. The quantitative estimate of drug-likeness (QED) is 0.509. The molecule has 2 aliphatic rings. The largest absolute Gasteiger partial charge is 0.481 e. The summed E-state index contributed by atoms with van der Waals surface area (Å²) in [4.78, 5) is 47.8. The van der Waals surface area contributed by atoms with E-state index in [1.807, 2.05) is 12.1 Å². The molecule has 10 nitrogen and oxygen atoms in total. The first kappa shape index (κ1) is 22.9. The number of cyclic esters (lactones) is 1. The molecule has 3 amide bonds. The molecule has 0 bridgehead atoms. The third kappa shape index (κ3) is 4.99. The van der Waals surface area contributed by atoms with Gasteiger partial charge in [0.05, 0.1) is 36.3 Å². The Morgan fingerprint density at radius 3 is 3.03 bits per heavy atom. The Hall–Kier alpha value is -3.86. The van der Waals surface area contributed by atoms with Crippen LogP contribution in [0.25, 0.3) is 11.0 Å². The van der Waals surface area contributed by atoms with Gasteiger partial charge in [-0.3, -0.25) is 19.5 Å². The van der Waals surface area contributed by atoms with Crippen molar-refractivity contribution in [2.24, 2.45) is 0 Å². The molecular formula is C24H23N5O5S. The smallest absolute Gasteiger partial charge is 0.414 e. The predicted molar refractivity (Wildman–Crippen MR) is 132 cm³/mol. The summed E-state index contributed by atoms with van der Waals surface area (Å²) in [5.74, 6) is 0.602. The Morgan fingerprint density at radius 1 is 1.29 bits per heavy atom. The van der Waals surface area contributed by atoms with E-state index in [1.165, 1.54) is 18.9 Å². The molecule has 2 aromatic heterocycles. The van der Waals surface area contributed by atoms with Crippen LogP contribution in [0.1, 0.15) is 19.3 Å². The second kappa shape index (κ2) is 9.79. The molecule has 5 rings (SSSR count). The van der Waals surface area contributed by atoms with Crippen LogP contribution in [0.5, 0.6) is 5.88 Å². The van der Waals surface area contributed by atoms with Crippen LogP contribution in [-0.4, -0.2) is 53.4 Å². The Labute approximate surface area is 205 Å². The van der Waals surface area contributed by atoms with Gasteiger partial charge in [0.15, 0.2) is 0 Å². The van der Waals surface area contributed by atoms with Gasteiger partial charge in [-0.25, -0.2) is 9.78 Å². The fraction of sp³-hybridized carbons (Fsp3) is 0.292. The van der Waals surface area contributed by atoms with Gasteiger partial charge in [-0.15, -0.1) is 11.8 Å². The molecule has 1 aromatic carbocycles. The van der Waals surface area contributed by atoms with Gasteiger partial charge in [-0.05, 0) is 43.2 Å². The van der Waals surface area contributed by atoms with Gasteiger partial charge in [0, 0.05) is 29.3 Å². The van der Waals surface area contributed by atoms with E-state index in [1.54, 1.807) is 35.4 Å². The number of anilines is 3. The maximum atomic E-state index is 12.6. The topological polar surface area (TPSA) is 123 Å². The van der Waals surface area contributed by atoms with E-state index in [4.69, 9.17) is 9.47 Å². The van der Waals surface area contributed by atoms with Crippen LogP contribution in [0.2, 0.25) is 0 Å². The number of nitrogens with zero attached hydrogens (tertiary/aromatic N) is 3. The van der Waals surface area contributed by atoms with Crippen LogP contribution >= 0.6 is 11.8 Å². The van der Waals surface area contributed by atoms with Crippen LogP contribution in [0.3, 0.4) is 0 Å². The van der Waals surface area contributed by atoms with Gasteiger partial charge < -0.3 is 20.1 Å². The Kier molecular flexibility index (Phi) is 6.41. The zero-order chi connectivity index (χ0) is 24.4. The third-order valence-electron chi connectivity index (χ3n) is 5.75. The number of hydrogen-bond donors (Lipinski definition) is 2. The molecule has 3 aromatic rings. The fourth-order valence-electron chi connectivity index (χ4n) is 4.05. The molecule has 11 heteroatoms. The van der Waals surface area contributed by atoms with Gasteiger partial charge >= 0.3 is 6.09 Å². The standard InChI is InChI=1S/C24H23N5O5S/c1-33-22-8-6-16-23(28-22)17(9-10-25-16)26-20(30)4-2-3-15-12-29(24(32)34-15)14-5-7-19-18(11-14)27-21(31)13-35-19/h5-11,15H,2-4,12-13H2,1H3,(H,27,31)(H,25,26,30)/t15-/m1/s1. The van der Waals surface area contributed by atoms with Crippen molar-refractivity contribution < 1.29 is 23.9 Å². The average molecular weight is 494 g/mol. The lowest BCUT2D eigenvalue weighted by Crippen LogP contribution is -2.25. The van der Waals surface area contributed by atoms with Gasteiger partial charge in [0.25, 0.3) is 0 Å². The lowest BCUT2D eigenvalue weighted by molar-refractivity contribution is -0.116. The molecule has 1 saturated heterocycles. The van der Waals surface area contributed by atoms with E-state index in [-0.39, 0.29) is 24.3 Å². The molecule has 0 aliphatic carbocycles. The van der Waals surface area contributed by atoms with E-state index in [0.717, 1.165) is 4.90 Å². The molecule has 0 saturated carbocycles. The summed E-state index contributed by atoms with van der Waals surface area (Å²) in [5.41, 5.74) is 3.15. The van der Waals surface area contributed by atoms with Crippen LogP contribution in [0, 0.1) is 0 Å². The molecule has 1 fully saturated rings. The minimum absolute atomic E-state index is 0.0607. The van der Waals surface area contributed by atoms with E-state index in [2.05, 4.69) is 20.6 Å². The number of fused-ring (bicyclic) bond motifs is 2. The average Bonchev–Trinajstić information content (AvgIpc) is 3.23. The van der Waals surface area contributed by atoms with Gasteiger partial charge in [-0.2, -0.15) is 0 Å². The minimum atomic E-state index is -0.433. The van der Waals surface area contributed by atoms with E-state index >= 15 is 0 Å². The molecular weight excluding hydrogens is 470 g/mol. The second-order valence-corrected chi connectivity index (χ2v) is 9.17. The number of amides is 3. The lowest BCUT2D eigenvalue weighted by atomic mass is 10.1. The normalized spacial score (nSPS) is 17.1. The van der Waals surface area contributed by atoms with Crippen LogP contribution in [0.15, 0.2) is 47.5 Å². The maximum absolute atomic E-state index is 12.6. The van der Waals surface area contributed by atoms with Crippen LogP contribution < -0.4 is 20.3 Å². The van der Waals surface area contributed by atoms with Crippen LogP contribution in [-0.2, 0) is 14.3 Å². The van der Waals surface area contributed by atoms with E-state index in [0.29, 0.717) is 59.1 Å². The predicted octanol–water partition coefficient (Wildman–Crippen LogP) is 3.82. The molecule has 2 N–H and O–H groups in total. The first-order valence-corrected chi connectivity index (χ1v) is 12.1. The Balaban J connectivity index is 1.15. The van der Waals surface area contributed by atoms with Crippen molar-refractivity contribution in [1.82, 2.24) is 9.97 Å². The number of benzene rings is 1. The summed E-state index contributed by atoms with van der Waals surface area (Å²) < 4.78 is 10.7. The number of hydrogen-bond acceptors (Lipinski definition) is 8. The van der Waals surface area contributed by atoms with E-state index in [9.17, 15) is 14.4 Å². The Morgan fingerprint density at radius 2 is 2.17 bits per heavy atom. The highest BCUT2D eigenvalue weighted by atomic mass is 32.2. The van der Waals surface area contributed by atoms with Crippen molar-refractivity contribution in [1.29, 1.82) is 0 Å².